The van der Waals surface area contributed by atoms with Crippen LogP contribution in [0.15, 0.2) is 36.4 Å². The molecule has 10 nitrogen and oxygen atoms in total. The van der Waals surface area contributed by atoms with Crippen LogP contribution < -0.4 is 18.8 Å². The smallest absolute Gasteiger partial charge is 0.515 e. The number of fused-ring (bicyclic) bond motifs is 2. The minimum atomic E-state index is -0.792. The number of carbonyl (C=O) groups excluding carboxylic acids is 2. The maximum Gasteiger partial charge on any atom is 0.578 e. The molecular weight excluding hydrogens is 574 g/mol. The summed E-state index contributed by atoms with van der Waals surface area (Å²) in [7, 11) is 2.54. The summed E-state index contributed by atoms with van der Waals surface area (Å²) < 4.78 is 36.5. The topological polar surface area (TPSA) is 99.4 Å². The van der Waals surface area contributed by atoms with Crippen LogP contribution >= 0.6 is 23.2 Å². The fraction of sp³-hybridized carbons (Fsp3) is 0.357. The second-order valence-corrected chi connectivity index (χ2v) is 11.8. The second-order valence-electron chi connectivity index (χ2n) is 11.0. The highest BCUT2D eigenvalue weighted by Gasteiger charge is 2.28. The molecule has 0 aliphatic heterocycles. The highest BCUT2D eigenvalue weighted by molar-refractivity contribution is 6.36. The van der Waals surface area contributed by atoms with Gasteiger partial charge in [0.15, 0.2) is 11.8 Å². The molecule has 0 saturated carbocycles. The summed E-state index contributed by atoms with van der Waals surface area (Å²) in [5.41, 5.74) is -0.855. The van der Waals surface area contributed by atoms with Gasteiger partial charge in [0.1, 0.15) is 33.7 Å². The Morgan fingerprint density at radius 1 is 0.683 bits per heavy atom. The monoisotopic (exact) mass is 604 g/mol. The van der Waals surface area contributed by atoms with Gasteiger partial charge in [-0.15, -0.1) is 0 Å². The van der Waals surface area contributed by atoms with Crippen LogP contribution in [-0.2, 0) is 9.47 Å². The molecule has 2 aromatic carbocycles. The number of benzene rings is 2. The second kappa shape index (κ2) is 11.3. The zero-order valence-electron chi connectivity index (χ0n) is 24.1. The predicted molar refractivity (Wildman–Crippen MR) is 159 cm³/mol. The fourth-order valence-corrected chi connectivity index (χ4v) is 4.54. The molecule has 13 heteroatoms. The Labute approximate surface area is 248 Å². The van der Waals surface area contributed by atoms with Crippen LogP contribution in [-0.4, -0.2) is 54.4 Å². The molecule has 0 spiro atoms. The SMILES string of the molecule is COc1ccc(Cl)c2cc(OBOc3cc4c(Cl)ccc(OC)c4n3C(=O)OC(C)(C)C)n(C(=O)OC(C)(C)C)c12. The van der Waals surface area contributed by atoms with Gasteiger partial charge in [0.25, 0.3) is 0 Å². The Hall–Kier alpha value is -3.70. The van der Waals surface area contributed by atoms with E-state index in [0.717, 1.165) is 0 Å². The van der Waals surface area contributed by atoms with Gasteiger partial charge < -0.3 is 28.3 Å². The van der Waals surface area contributed by atoms with Gasteiger partial charge in [-0.05, 0) is 65.8 Å². The molecule has 0 amide bonds. The normalized spacial score (nSPS) is 11.9. The highest BCUT2D eigenvalue weighted by Crippen LogP contribution is 2.39. The Kier molecular flexibility index (Phi) is 8.34. The third-order valence-corrected chi connectivity index (χ3v) is 6.34. The molecule has 0 saturated heterocycles. The largest absolute Gasteiger partial charge is 0.578 e. The molecule has 218 valence electrons. The highest BCUT2D eigenvalue weighted by atomic mass is 35.5. The van der Waals surface area contributed by atoms with E-state index in [9.17, 15) is 9.59 Å². The van der Waals surface area contributed by atoms with E-state index in [0.29, 0.717) is 43.4 Å². The standard InChI is InChI=1S/C28H31BCl2N2O8/c1-27(2,3)38-25(34)32-21(13-15-17(30)9-11-19(36-7)23(15)32)40-29-41-22-14-16-18(31)10-12-20(37-8)24(16)33(22)26(35)39-28(4,5)6/h9-14,29H,1-8H3. The van der Waals surface area contributed by atoms with Crippen LogP contribution in [0.2, 0.25) is 10.0 Å². The van der Waals surface area contributed by atoms with E-state index in [1.807, 2.05) is 0 Å². The first kappa shape index (κ1) is 30.3. The lowest BCUT2D eigenvalue weighted by Gasteiger charge is -2.22. The zero-order valence-corrected chi connectivity index (χ0v) is 25.6. The molecule has 0 fully saturated rings. The van der Waals surface area contributed by atoms with E-state index in [1.165, 1.54) is 23.4 Å². The van der Waals surface area contributed by atoms with E-state index in [1.54, 1.807) is 77.9 Å². The van der Waals surface area contributed by atoms with E-state index in [2.05, 4.69) is 0 Å². The number of nitrogens with zero attached hydrogens (tertiary/aromatic N) is 2. The number of hydrogen-bond acceptors (Lipinski definition) is 8. The van der Waals surface area contributed by atoms with E-state index >= 15 is 0 Å². The third kappa shape index (κ3) is 6.31. The van der Waals surface area contributed by atoms with Crippen molar-refractivity contribution in [2.45, 2.75) is 52.7 Å². The average molecular weight is 605 g/mol. The van der Waals surface area contributed by atoms with E-state index < -0.39 is 31.1 Å². The number of rotatable bonds is 6. The maximum atomic E-state index is 13.3. The third-order valence-electron chi connectivity index (χ3n) is 5.68. The molecule has 0 N–H and O–H groups in total. The first-order valence-electron chi connectivity index (χ1n) is 12.6. The average Bonchev–Trinajstić information content (AvgIpc) is 3.43. The molecule has 41 heavy (non-hydrogen) atoms. The number of halogens is 2. The van der Waals surface area contributed by atoms with Crippen LogP contribution in [0.25, 0.3) is 21.8 Å². The van der Waals surface area contributed by atoms with Crippen molar-refractivity contribution in [3.63, 3.8) is 0 Å². The van der Waals surface area contributed by atoms with Crippen LogP contribution in [0.4, 0.5) is 9.59 Å². The summed E-state index contributed by atoms with van der Waals surface area (Å²) in [5, 5.41) is 1.76. The van der Waals surface area contributed by atoms with Crippen molar-refractivity contribution in [2.24, 2.45) is 0 Å². The van der Waals surface area contributed by atoms with Crippen molar-refractivity contribution in [3.05, 3.63) is 46.4 Å². The lowest BCUT2D eigenvalue weighted by molar-refractivity contribution is 0.0527. The molecule has 0 aliphatic rings. The summed E-state index contributed by atoms with van der Waals surface area (Å²) in [5.74, 6) is 0.933. The lowest BCUT2D eigenvalue weighted by atomic mass is 10.2. The molecular formula is C28H31BCl2N2O8. The van der Waals surface area contributed by atoms with E-state index in [-0.39, 0.29) is 11.8 Å². The predicted octanol–water partition coefficient (Wildman–Crippen LogP) is 7.21. The van der Waals surface area contributed by atoms with Gasteiger partial charge in [0.2, 0.25) is 0 Å². The minimum absolute atomic E-state index is 0.0798. The van der Waals surface area contributed by atoms with Gasteiger partial charge in [0.05, 0.1) is 24.3 Å². The number of ether oxygens (including phenoxy) is 4. The van der Waals surface area contributed by atoms with Gasteiger partial charge in [-0.1, -0.05) is 23.2 Å². The summed E-state index contributed by atoms with van der Waals surface area (Å²) in [6.07, 6.45) is -1.41. The Balaban J connectivity index is 1.75. The maximum absolute atomic E-state index is 13.3. The summed E-state index contributed by atoms with van der Waals surface area (Å²) >= 11 is 12.9. The first-order chi connectivity index (χ1) is 19.1. The molecule has 0 unspecified atom stereocenters. The van der Waals surface area contributed by atoms with E-state index in [4.69, 9.17) is 51.5 Å². The molecule has 2 heterocycles. The Morgan fingerprint density at radius 3 is 1.37 bits per heavy atom. The van der Waals surface area contributed by atoms with Gasteiger partial charge in [-0.25, -0.2) is 18.7 Å². The number of aromatic nitrogens is 2. The van der Waals surface area contributed by atoms with Gasteiger partial charge in [0, 0.05) is 22.9 Å². The molecule has 4 aromatic rings. The van der Waals surface area contributed by atoms with Crippen molar-refractivity contribution < 1.29 is 37.8 Å². The zero-order chi connectivity index (χ0) is 30.3. The van der Waals surface area contributed by atoms with Crippen LogP contribution in [0.1, 0.15) is 41.5 Å². The lowest BCUT2D eigenvalue weighted by Crippen LogP contribution is -2.29. The quantitative estimate of drug-likeness (QED) is 0.213. The van der Waals surface area contributed by atoms with Crippen LogP contribution in [0.3, 0.4) is 0 Å². The van der Waals surface area contributed by atoms with Crippen molar-refractivity contribution >= 4 is 64.9 Å². The van der Waals surface area contributed by atoms with Gasteiger partial charge in [-0.2, -0.15) is 0 Å². The molecule has 0 bridgehead atoms. The number of carbonyl (C=O) groups is 2. The molecule has 0 atom stereocenters. The number of methoxy groups -OCH3 is 2. The molecule has 0 radical (unpaired) electrons. The van der Waals surface area contributed by atoms with Gasteiger partial charge in [-0.3, -0.25) is 0 Å². The van der Waals surface area contributed by atoms with Crippen LogP contribution in [0.5, 0.6) is 23.3 Å². The molecule has 2 aromatic heterocycles. The summed E-state index contributed by atoms with van der Waals surface area (Å²) in [6.45, 7) is 10.5. The van der Waals surface area contributed by atoms with Gasteiger partial charge >= 0.3 is 19.9 Å². The van der Waals surface area contributed by atoms with Crippen molar-refractivity contribution in [2.75, 3.05) is 14.2 Å². The minimum Gasteiger partial charge on any atom is -0.515 e. The first-order valence-corrected chi connectivity index (χ1v) is 13.4. The fourth-order valence-electron chi connectivity index (χ4n) is 4.13. The summed E-state index contributed by atoms with van der Waals surface area (Å²) in [4.78, 5) is 26.6. The van der Waals surface area contributed by atoms with Crippen molar-refractivity contribution in [1.29, 1.82) is 0 Å². The number of hydrogen-bond donors (Lipinski definition) is 0. The summed E-state index contributed by atoms with van der Waals surface area (Å²) in [6, 6.07) is 9.75. The van der Waals surface area contributed by atoms with Crippen molar-refractivity contribution in [3.8, 4) is 23.3 Å². The molecule has 0 aliphatic carbocycles. The Bertz CT molecular complexity index is 1510. The van der Waals surface area contributed by atoms with Crippen LogP contribution in [0, 0.1) is 0 Å². The molecule has 4 rings (SSSR count). The Morgan fingerprint density at radius 2 is 1.05 bits per heavy atom. The van der Waals surface area contributed by atoms with Crippen molar-refractivity contribution in [1.82, 2.24) is 9.13 Å².